The van der Waals surface area contributed by atoms with Crippen LogP contribution in [0.15, 0.2) is 24.4 Å². The number of rotatable bonds is 1. The number of nitrogens with zero attached hydrogens (tertiary/aromatic N) is 1. The van der Waals surface area contributed by atoms with Crippen molar-refractivity contribution in [3.8, 4) is 0 Å². The zero-order chi connectivity index (χ0) is 7.68. The summed E-state index contributed by atoms with van der Waals surface area (Å²) >= 11 is 0. The van der Waals surface area contributed by atoms with E-state index in [9.17, 15) is 0 Å². The van der Waals surface area contributed by atoms with Gasteiger partial charge in [0.05, 0.1) is 5.52 Å². The molecule has 0 saturated carbocycles. The summed E-state index contributed by atoms with van der Waals surface area (Å²) in [6.45, 7) is 0. The zero-order valence-corrected chi connectivity index (χ0v) is 6.26. The number of nitrogens with one attached hydrogen (secondary N) is 2. The normalized spacial score (nSPS) is 10.3. The third-order valence-corrected chi connectivity index (χ3v) is 1.72. The summed E-state index contributed by atoms with van der Waals surface area (Å²) in [7, 11) is 1.90. The van der Waals surface area contributed by atoms with E-state index in [0.29, 0.717) is 0 Å². The Hall–Kier alpha value is -1.51. The van der Waals surface area contributed by atoms with Crippen molar-refractivity contribution in [1.82, 2.24) is 10.2 Å². The smallest absolute Gasteiger partial charge is 0.0922 e. The van der Waals surface area contributed by atoms with Gasteiger partial charge in [-0.1, -0.05) is 0 Å². The molecule has 0 aliphatic heterocycles. The summed E-state index contributed by atoms with van der Waals surface area (Å²) in [6, 6.07) is 6.04. The van der Waals surface area contributed by atoms with Crippen LogP contribution in [0.3, 0.4) is 0 Å². The molecule has 0 aliphatic carbocycles. The van der Waals surface area contributed by atoms with Gasteiger partial charge in [0.1, 0.15) is 0 Å². The van der Waals surface area contributed by atoms with Gasteiger partial charge in [-0.25, -0.2) is 0 Å². The Morgan fingerprint density at radius 2 is 2.36 bits per heavy atom. The van der Waals surface area contributed by atoms with Gasteiger partial charge in [-0.05, 0) is 18.2 Å². The number of anilines is 1. The predicted octanol–water partition coefficient (Wildman–Crippen LogP) is 1.60. The maximum absolute atomic E-state index is 4.04. The third-order valence-electron chi connectivity index (χ3n) is 1.72. The van der Waals surface area contributed by atoms with Crippen molar-refractivity contribution < 1.29 is 0 Å². The van der Waals surface area contributed by atoms with E-state index in [1.165, 1.54) is 0 Å². The highest BCUT2D eigenvalue weighted by atomic mass is 15.1. The summed E-state index contributed by atoms with van der Waals surface area (Å²) in [5, 5.41) is 11.1. The fraction of sp³-hybridized carbons (Fsp3) is 0.125. The molecule has 0 amide bonds. The van der Waals surface area contributed by atoms with Gasteiger partial charge in [0, 0.05) is 24.3 Å². The van der Waals surface area contributed by atoms with E-state index >= 15 is 0 Å². The van der Waals surface area contributed by atoms with E-state index < -0.39 is 0 Å². The molecule has 2 aromatic rings. The highest BCUT2D eigenvalue weighted by Crippen LogP contribution is 2.15. The van der Waals surface area contributed by atoms with E-state index in [4.69, 9.17) is 0 Å². The largest absolute Gasteiger partial charge is 0.388 e. The van der Waals surface area contributed by atoms with Crippen molar-refractivity contribution >= 4 is 16.6 Å². The monoisotopic (exact) mass is 147 g/mol. The Kier molecular flexibility index (Phi) is 1.28. The first-order valence-electron chi connectivity index (χ1n) is 3.51. The second kappa shape index (κ2) is 2.27. The molecule has 0 aliphatic rings. The zero-order valence-electron chi connectivity index (χ0n) is 6.26. The molecular weight excluding hydrogens is 138 g/mol. The molecular formula is C8H9N3. The predicted molar refractivity (Wildman–Crippen MR) is 45.6 cm³/mol. The van der Waals surface area contributed by atoms with Crippen LogP contribution < -0.4 is 5.32 Å². The summed E-state index contributed by atoms with van der Waals surface area (Å²) in [5.74, 6) is 0. The molecule has 0 saturated heterocycles. The number of benzene rings is 1. The molecule has 0 radical (unpaired) electrons. The lowest BCUT2D eigenvalue weighted by Crippen LogP contribution is -1.85. The topological polar surface area (TPSA) is 40.7 Å². The average molecular weight is 147 g/mol. The maximum atomic E-state index is 4.04. The van der Waals surface area contributed by atoms with Crippen molar-refractivity contribution in [3.63, 3.8) is 0 Å². The van der Waals surface area contributed by atoms with Gasteiger partial charge >= 0.3 is 0 Å². The van der Waals surface area contributed by atoms with Crippen molar-refractivity contribution in [2.24, 2.45) is 0 Å². The number of fused-ring (bicyclic) bond motifs is 1. The van der Waals surface area contributed by atoms with E-state index in [0.717, 1.165) is 16.6 Å². The number of aromatic nitrogens is 2. The van der Waals surface area contributed by atoms with Crippen LogP contribution in [0.2, 0.25) is 0 Å². The number of hydrogen-bond acceptors (Lipinski definition) is 2. The summed E-state index contributed by atoms with van der Waals surface area (Å²) in [5.41, 5.74) is 2.11. The molecule has 0 spiro atoms. The number of H-pyrrole nitrogens is 1. The highest BCUT2D eigenvalue weighted by Gasteiger charge is 1.94. The van der Waals surface area contributed by atoms with Crippen molar-refractivity contribution in [2.45, 2.75) is 0 Å². The first-order chi connectivity index (χ1) is 5.40. The molecule has 0 atom stereocenters. The fourth-order valence-electron chi connectivity index (χ4n) is 1.10. The van der Waals surface area contributed by atoms with Gasteiger partial charge in [-0.15, -0.1) is 0 Å². The molecule has 0 fully saturated rings. The van der Waals surface area contributed by atoms with E-state index in [1.807, 2.05) is 25.4 Å². The lowest BCUT2D eigenvalue weighted by molar-refractivity contribution is 1.12. The van der Waals surface area contributed by atoms with Gasteiger partial charge < -0.3 is 5.32 Å². The molecule has 2 N–H and O–H groups in total. The summed E-state index contributed by atoms with van der Waals surface area (Å²) < 4.78 is 0. The first-order valence-corrected chi connectivity index (χ1v) is 3.51. The van der Waals surface area contributed by atoms with Crippen molar-refractivity contribution in [3.05, 3.63) is 24.4 Å². The standard InChI is InChI=1S/C8H9N3/c1-9-7-2-3-8-6(4-7)5-10-11-8/h2-5,9H,1H3,(H,10,11). The van der Waals surface area contributed by atoms with Crippen molar-refractivity contribution in [2.75, 3.05) is 12.4 Å². The van der Waals surface area contributed by atoms with E-state index in [2.05, 4.69) is 21.6 Å². The van der Waals surface area contributed by atoms with Crippen LogP contribution >= 0.6 is 0 Å². The molecule has 0 unspecified atom stereocenters. The minimum Gasteiger partial charge on any atom is -0.388 e. The first kappa shape index (κ1) is 6.22. The van der Waals surface area contributed by atoms with Crippen LogP contribution in [0.4, 0.5) is 5.69 Å². The SMILES string of the molecule is CNc1ccc2n[nH]cc2c1. The second-order valence-corrected chi connectivity index (χ2v) is 2.41. The molecule has 1 aromatic carbocycles. The molecule has 2 rings (SSSR count). The van der Waals surface area contributed by atoms with Crippen LogP contribution in [0.25, 0.3) is 10.9 Å². The van der Waals surface area contributed by atoms with Gasteiger partial charge in [0.2, 0.25) is 0 Å². The third kappa shape index (κ3) is 0.941. The van der Waals surface area contributed by atoms with Gasteiger partial charge in [0.25, 0.3) is 0 Å². The Morgan fingerprint density at radius 3 is 3.18 bits per heavy atom. The van der Waals surface area contributed by atoms with Crippen LogP contribution in [0.5, 0.6) is 0 Å². The Balaban J connectivity index is 2.67. The minimum absolute atomic E-state index is 1.00. The van der Waals surface area contributed by atoms with Crippen LogP contribution in [-0.2, 0) is 0 Å². The van der Waals surface area contributed by atoms with Gasteiger partial charge in [-0.3, -0.25) is 5.10 Å². The maximum Gasteiger partial charge on any atom is 0.0922 e. The lowest BCUT2D eigenvalue weighted by Gasteiger charge is -1.96. The van der Waals surface area contributed by atoms with E-state index in [-0.39, 0.29) is 0 Å². The molecule has 3 nitrogen and oxygen atoms in total. The van der Waals surface area contributed by atoms with Gasteiger partial charge in [-0.2, -0.15) is 5.10 Å². The fourth-order valence-corrected chi connectivity index (χ4v) is 1.10. The van der Waals surface area contributed by atoms with Gasteiger partial charge in [0.15, 0.2) is 0 Å². The van der Waals surface area contributed by atoms with Crippen LogP contribution in [0, 0.1) is 0 Å². The highest BCUT2D eigenvalue weighted by molar-refractivity contribution is 5.81. The minimum atomic E-state index is 1.00. The quantitative estimate of drug-likeness (QED) is 0.643. The molecule has 0 bridgehead atoms. The van der Waals surface area contributed by atoms with Crippen LogP contribution in [0.1, 0.15) is 0 Å². The van der Waals surface area contributed by atoms with Crippen molar-refractivity contribution in [1.29, 1.82) is 0 Å². The van der Waals surface area contributed by atoms with Crippen LogP contribution in [-0.4, -0.2) is 17.2 Å². The Bertz CT molecular complexity index is 364. The summed E-state index contributed by atoms with van der Waals surface area (Å²) in [4.78, 5) is 0. The Morgan fingerprint density at radius 1 is 1.45 bits per heavy atom. The number of hydrogen-bond donors (Lipinski definition) is 2. The molecule has 3 heteroatoms. The number of aromatic amines is 1. The average Bonchev–Trinajstić information content (AvgIpc) is 2.50. The molecule has 1 aromatic heterocycles. The van der Waals surface area contributed by atoms with E-state index in [1.54, 1.807) is 0 Å². The Labute approximate surface area is 64.4 Å². The molecule has 1 heterocycles. The lowest BCUT2D eigenvalue weighted by atomic mass is 10.2. The molecule has 11 heavy (non-hydrogen) atoms. The summed E-state index contributed by atoms with van der Waals surface area (Å²) in [6.07, 6.45) is 1.89. The second-order valence-electron chi connectivity index (χ2n) is 2.41. The molecule has 56 valence electrons.